The lowest BCUT2D eigenvalue weighted by atomic mass is 10.1. The van der Waals surface area contributed by atoms with Crippen molar-refractivity contribution in [1.82, 2.24) is 10.6 Å². The number of carbonyl (C=O) groups is 1. The van der Waals surface area contributed by atoms with Gasteiger partial charge in [-0.3, -0.25) is 0 Å². The van der Waals surface area contributed by atoms with Crippen LogP contribution in [0.5, 0.6) is 0 Å². The van der Waals surface area contributed by atoms with Gasteiger partial charge in [0.25, 0.3) is 0 Å². The van der Waals surface area contributed by atoms with Gasteiger partial charge in [0.05, 0.1) is 5.54 Å². The maximum Gasteiger partial charge on any atom is 0.315 e. The van der Waals surface area contributed by atoms with Gasteiger partial charge in [-0.1, -0.05) is 0 Å². The highest BCUT2D eigenvalue weighted by molar-refractivity contribution is 5.77. The van der Waals surface area contributed by atoms with E-state index in [0.717, 1.165) is 0 Å². The molecule has 4 nitrogen and oxygen atoms in total. The minimum atomic E-state index is -0.225. The van der Waals surface area contributed by atoms with Crippen LogP contribution in [0.25, 0.3) is 0 Å². The summed E-state index contributed by atoms with van der Waals surface area (Å²) >= 11 is 0. The summed E-state index contributed by atoms with van der Waals surface area (Å²) in [5.41, 5.74) is 5.15. The van der Waals surface area contributed by atoms with Crippen LogP contribution in [0.3, 0.4) is 0 Å². The lowest BCUT2D eigenvalue weighted by Crippen LogP contribution is -2.46. The second-order valence-electron chi connectivity index (χ2n) is 2.57. The maximum absolute atomic E-state index is 10.5. The minimum absolute atomic E-state index is 0.122. The lowest BCUT2D eigenvalue weighted by molar-refractivity contribution is 0.245. The molecule has 0 aliphatic carbocycles. The predicted octanol–water partition coefficient (Wildman–Crippen LogP) is -0.983. The van der Waals surface area contributed by atoms with Crippen LogP contribution in [0.15, 0.2) is 0 Å². The standard InChI is InChI=1S/C5H11N3O/c1-5(2-6)3-7-4(9)8-5/h2-3,6H2,1H3,(H2,7,8,9). The lowest BCUT2D eigenvalue weighted by Gasteiger charge is -2.18. The summed E-state index contributed by atoms with van der Waals surface area (Å²) < 4.78 is 0. The number of rotatable bonds is 1. The third-order valence-electron chi connectivity index (χ3n) is 1.50. The zero-order valence-electron chi connectivity index (χ0n) is 5.40. The molecule has 1 fully saturated rings. The molecule has 2 amide bonds. The Hall–Kier alpha value is -0.770. The van der Waals surface area contributed by atoms with Gasteiger partial charge in [-0.25, -0.2) is 4.79 Å². The highest BCUT2D eigenvalue weighted by Gasteiger charge is 2.30. The molecule has 52 valence electrons. The van der Waals surface area contributed by atoms with Gasteiger partial charge in [0.15, 0.2) is 0 Å². The van der Waals surface area contributed by atoms with Crippen molar-refractivity contribution in [3.05, 3.63) is 0 Å². The van der Waals surface area contributed by atoms with Crippen molar-refractivity contribution in [2.75, 3.05) is 13.1 Å². The van der Waals surface area contributed by atoms with E-state index in [1.807, 2.05) is 6.92 Å². The zero-order valence-corrected chi connectivity index (χ0v) is 5.40. The van der Waals surface area contributed by atoms with E-state index in [2.05, 4.69) is 10.6 Å². The van der Waals surface area contributed by atoms with Crippen LogP contribution >= 0.6 is 0 Å². The van der Waals surface area contributed by atoms with E-state index in [0.29, 0.717) is 13.1 Å². The van der Waals surface area contributed by atoms with Crippen molar-refractivity contribution in [3.8, 4) is 0 Å². The van der Waals surface area contributed by atoms with Crippen LogP contribution in [0.1, 0.15) is 6.92 Å². The van der Waals surface area contributed by atoms with Gasteiger partial charge in [0.1, 0.15) is 0 Å². The minimum Gasteiger partial charge on any atom is -0.336 e. The highest BCUT2D eigenvalue weighted by atomic mass is 16.2. The Labute approximate surface area is 53.8 Å². The summed E-state index contributed by atoms with van der Waals surface area (Å²) in [5.74, 6) is 0. The molecular weight excluding hydrogens is 118 g/mol. The van der Waals surface area contributed by atoms with Gasteiger partial charge >= 0.3 is 6.03 Å². The molecule has 0 aromatic carbocycles. The molecule has 0 saturated carbocycles. The summed E-state index contributed by atoms with van der Waals surface area (Å²) in [5, 5.41) is 5.34. The smallest absolute Gasteiger partial charge is 0.315 e. The highest BCUT2D eigenvalue weighted by Crippen LogP contribution is 2.03. The van der Waals surface area contributed by atoms with Crippen LogP contribution in [-0.4, -0.2) is 24.7 Å². The van der Waals surface area contributed by atoms with E-state index in [-0.39, 0.29) is 11.6 Å². The summed E-state index contributed by atoms with van der Waals surface area (Å²) in [6.45, 7) is 3.01. The number of amides is 2. The number of carbonyl (C=O) groups excluding carboxylic acids is 1. The fraction of sp³-hybridized carbons (Fsp3) is 0.800. The molecule has 0 aromatic rings. The average Bonchev–Trinajstić information content (AvgIpc) is 2.13. The molecule has 4 heteroatoms. The van der Waals surface area contributed by atoms with Crippen LogP contribution in [0.2, 0.25) is 0 Å². The number of hydrogen-bond acceptors (Lipinski definition) is 2. The third kappa shape index (κ3) is 1.13. The van der Waals surface area contributed by atoms with Crippen LogP contribution in [0, 0.1) is 0 Å². The second-order valence-corrected chi connectivity index (χ2v) is 2.57. The third-order valence-corrected chi connectivity index (χ3v) is 1.50. The molecule has 1 atom stereocenters. The summed E-state index contributed by atoms with van der Waals surface area (Å²) in [4.78, 5) is 10.5. The van der Waals surface area contributed by atoms with E-state index < -0.39 is 0 Å². The Kier molecular flexibility index (Phi) is 1.32. The molecular formula is C5H11N3O. The van der Waals surface area contributed by atoms with Crippen molar-refractivity contribution < 1.29 is 4.79 Å². The van der Waals surface area contributed by atoms with E-state index in [1.165, 1.54) is 0 Å². The van der Waals surface area contributed by atoms with Gasteiger partial charge < -0.3 is 16.4 Å². The van der Waals surface area contributed by atoms with Crippen LogP contribution < -0.4 is 16.4 Å². The fourth-order valence-electron chi connectivity index (χ4n) is 0.761. The van der Waals surface area contributed by atoms with Crippen LogP contribution in [-0.2, 0) is 0 Å². The first-order valence-electron chi connectivity index (χ1n) is 2.92. The second kappa shape index (κ2) is 1.88. The summed E-state index contributed by atoms with van der Waals surface area (Å²) in [6.07, 6.45) is 0. The maximum atomic E-state index is 10.5. The molecule has 0 aromatic heterocycles. The molecule has 1 heterocycles. The summed E-state index contributed by atoms with van der Waals surface area (Å²) in [7, 11) is 0. The molecule has 1 unspecified atom stereocenters. The van der Waals surface area contributed by atoms with Crippen molar-refractivity contribution in [3.63, 3.8) is 0 Å². The van der Waals surface area contributed by atoms with Crippen LogP contribution in [0.4, 0.5) is 4.79 Å². The molecule has 1 saturated heterocycles. The SMILES string of the molecule is CC1(CN)CNC(=O)N1. The van der Waals surface area contributed by atoms with Gasteiger partial charge in [0, 0.05) is 13.1 Å². The number of hydrogen-bond donors (Lipinski definition) is 3. The van der Waals surface area contributed by atoms with Gasteiger partial charge in [-0.2, -0.15) is 0 Å². The number of nitrogens with two attached hydrogens (primary N) is 1. The molecule has 9 heavy (non-hydrogen) atoms. The molecule has 0 bridgehead atoms. The first-order valence-corrected chi connectivity index (χ1v) is 2.92. The van der Waals surface area contributed by atoms with E-state index in [4.69, 9.17) is 5.73 Å². The molecule has 1 aliphatic heterocycles. The zero-order chi connectivity index (χ0) is 6.91. The Morgan fingerprint density at radius 2 is 2.56 bits per heavy atom. The quantitative estimate of drug-likeness (QED) is 0.426. The largest absolute Gasteiger partial charge is 0.336 e. The Morgan fingerprint density at radius 3 is 2.78 bits per heavy atom. The Balaban J connectivity index is 2.54. The fourth-order valence-corrected chi connectivity index (χ4v) is 0.761. The first kappa shape index (κ1) is 6.35. The van der Waals surface area contributed by atoms with E-state index >= 15 is 0 Å². The number of nitrogens with one attached hydrogen (secondary N) is 2. The van der Waals surface area contributed by atoms with Crippen molar-refractivity contribution in [2.24, 2.45) is 5.73 Å². The van der Waals surface area contributed by atoms with E-state index in [9.17, 15) is 4.79 Å². The Bertz CT molecular complexity index is 136. The van der Waals surface area contributed by atoms with E-state index in [1.54, 1.807) is 0 Å². The normalized spacial score (nSPS) is 33.8. The molecule has 1 rings (SSSR count). The molecule has 0 radical (unpaired) electrons. The first-order chi connectivity index (χ1) is 4.16. The predicted molar refractivity (Wildman–Crippen MR) is 34.0 cm³/mol. The average molecular weight is 129 g/mol. The Morgan fingerprint density at radius 1 is 1.89 bits per heavy atom. The van der Waals surface area contributed by atoms with Gasteiger partial charge in [0.2, 0.25) is 0 Å². The number of urea groups is 1. The topological polar surface area (TPSA) is 67.1 Å². The van der Waals surface area contributed by atoms with Gasteiger partial charge in [-0.15, -0.1) is 0 Å². The summed E-state index contributed by atoms with van der Waals surface area (Å²) in [6, 6.07) is -0.122. The van der Waals surface area contributed by atoms with Crippen molar-refractivity contribution >= 4 is 6.03 Å². The molecule has 4 N–H and O–H groups in total. The monoisotopic (exact) mass is 129 g/mol. The van der Waals surface area contributed by atoms with Crippen molar-refractivity contribution in [2.45, 2.75) is 12.5 Å². The molecule has 1 aliphatic rings. The molecule has 0 spiro atoms. The van der Waals surface area contributed by atoms with Gasteiger partial charge in [-0.05, 0) is 6.92 Å². The van der Waals surface area contributed by atoms with Crippen molar-refractivity contribution in [1.29, 1.82) is 0 Å².